The molecule has 1 aliphatic heterocycles. The molecule has 1 fully saturated rings. The highest BCUT2D eigenvalue weighted by molar-refractivity contribution is 7.80. The van der Waals surface area contributed by atoms with Gasteiger partial charge in [0.05, 0.1) is 12.7 Å². The number of thiocarbonyl (C=S) groups is 1. The molecular weight excluding hydrogens is 404 g/mol. The summed E-state index contributed by atoms with van der Waals surface area (Å²) in [5, 5.41) is 0. The van der Waals surface area contributed by atoms with Crippen molar-refractivity contribution >= 4 is 22.9 Å². The molecule has 5 heteroatoms. The summed E-state index contributed by atoms with van der Waals surface area (Å²) in [5.41, 5.74) is 4.61. The van der Waals surface area contributed by atoms with Crippen LogP contribution in [0.25, 0.3) is 0 Å². The fourth-order valence-electron chi connectivity index (χ4n) is 3.75. The summed E-state index contributed by atoms with van der Waals surface area (Å²) in [6.07, 6.45) is 0. The molecular formula is C26H28N2O2S. The third-order valence-corrected chi connectivity index (χ3v) is 6.11. The minimum absolute atomic E-state index is 0.533. The second-order valence-electron chi connectivity index (χ2n) is 7.75. The molecule has 1 aliphatic rings. The van der Waals surface area contributed by atoms with Crippen molar-refractivity contribution in [1.82, 2.24) is 4.90 Å². The molecule has 0 aliphatic carbocycles. The van der Waals surface area contributed by atoms with E-state index in [0.29, 0.717) is 6.61 Å². The van der Waals surface area contributed by atoms with E-state index in [4.69, 9.17) is 21.7 Å². The summed E-state index contributed by atoms with van der Waals surface area (Å²) < 4.78 is 11.4. The number of aryl methyl sites for hydroxylation is 1. The third kappa shape index (κ3) is 5.17. The molecule has 1 saturated heterocycles. The third-order valence-electron chi connectivity index (χ3n) is 5.64. The quantitative estimate of drug-likeness (QED) is 0.506. The van der Waals surface area contributed by atoms with Gasteiger partial charge in [-0.05, 0) is 48.9 Å². The molecule has 4 nitrogen and oxygen atoms in total. The molecule has 31 heavy (non-hydrogen) atoms. The molecule has 4 rings (SSSR count). The van der Waals surface area contributed by atoms with Gasteiger partial charge in [0.2, 0.25) is 0 Å². The summed E-state index contributed by atoms with van der Waals surface area (Å²) >= 11 is 5.88. The Morgan fingerprint density at radius 1 is 0.871 bits per heavy atom. The fourth-order valence-corrected chi connectivity index (χ4v) is 4.10. The Bertz CT molecular complexity index is 1010. The molecule has 0 aromatic heterocycles. The first-order valence-corrected chi connectivity index (χ1v) is 11.0. The molecule has 0 spiro atoms. The molecule has 0 unspecified atom stereocenters. The molecule has 0 radical (unpaired) electrons. The Morgan fingerprint density at radius 2 is 1.55 bits per heavy atom. The van der Waals surface area contributed by atoms with E-state index in [1.165, 1.54) is 11.3 Å². The van der Waals surface area contributed by atoms with Crippen LogP contribution in [0.4, 0.5) is 5.69 Å². The maximum atomic E-state index is 6.15. The summed E-state index contributed by atoms with van der Waals surface area (Å²) in [7, 11) is 1.69. The summed E-state index contributed by atoms with van der Waals surface area (Å²) in [6.45, 7) is 6.25. The van der Waals surface area contributed by atoms with Crippen molar-refractivity contribution in [2.24, 2.45) is 0 Å². The highest BCUT2D eigenvalue weighted by Gasteiger charge is 2.22. The van der Waals surface area contributed by atoms with Gasteiger partial charge in [0.25, 0.3) is 0 Å². The van der Waals surface area contributed by atoms with E-state index < -0.39 is 0 Å². The Hall–Kier alpha value is -3.05. The average Bonchev–Trinajstić information content (AvgIpc) is 2.83. The number of benzene rings is 3. The molecule has 1 heterocycles. The number of piperazine rings is 1. The van der Waals surface area contributed by atoms with E-state index in [-0.39, 0.29) is 0 Å². The van der Waals surface area contributed by atoms with E-state index in [2.05, 4.69) is 59.2 Å². The van der Waals surface area contributed by atoms with Crippen molar-refractivity contribution in [3.05, 3.63) is 89.5 Å². The van der Waals surface area contributed by atoms with E-state index in [0.717, 1.165) is 53.8 Å². The van der Waals surface area contributed by atoms with Gasteiger partial charge in [-0.25, -0.2) is 0 Å². The number of methoxy groups -OCH3 is 1. The van der Waals surface area contributed by atoms with Crippen LogP contribution in [0.15, 0.2) is 72.8 Å². The second kappa shape index (κ2) is 9.84. The Labute approximate surface area is 190 Å². The van der Waals surface area contributed by atoms with Gasteiger partial charge < -0.3 is 19.3 Å². The van der Waals surface area contributed by atoms with Gasteiger partial charge >= 0.3 is 0 Å². The predicted octanol–water partition coefficient (Wildman–Crippen LogP) is 5.08. The minimum atomic E-state index is 0.533. The van der Waals surface area contributed by atoms with Crippen LogP contribution in [-0.2, 0) is 6.61 Å². The maximum absolute atomic E-state index is 6.15. The first-order valence-electron chi connectivity index (χ1n) is 10.6. The summed E-state index contributed by atoms with van der Waals surface area (Å²) in [5.74, 6) is 1.72. The topological polar surface area (TPSA) is 24.9 Å². The Balaban J connectivity index is 1.39. The van der Waals surface area contributed by atoms with E-state index in [9.17, 15) is 0 Å². The normalized spacial score (nSPS) is 13.7. The lowest BCUT2D eigenvalue weighted by Gasteiger charge is -2.37. The number of anilines is 1. The smallest absolute Gasteiger partial charge is 0.130 e. The standard InChI is InChI=1S/C26H28N2O2S/c1-20-7-9-21(10-8-20)19-30-25-6-4-3-5-24(25)26(31)28-17-15-27(16-18-28)22-11-13-23(29-2)14-12-22/h3-14H,15-19H2,1-2H3. The molecule has 0 bridgehead atoms. The number of hydrogen-bond acceptors (Lipinski definition) is 4. The lowest BCUT2D eigenvalue weighted by Crippen LogP contribution is -2.48. The number of hydrogen-bond donors (Lipinski definition) is 0. The fraction of sp³-hybridized carbons (Fsp3) is 0.269. The van der Waals surface area contributed by atoms with Crippen molar-refractivity contribution in [3.8, 4) is 11.5 Å². The number of rotatable bonds is 6. The maximum Gasteiger partial charge on any atom is 0.130 e. The van der Waals surface area contributed by atoms with Crippen LogP contribution in [0.1, 0.15) is 16.7 Å². The van der Waals surface area contributed by atoms with Crippen molar-refractivity contribution in [1.29, 1.82) is 0 Å². The Kier molecular flexibility index (Phi) is 6.73. The van der Waals surface area contributed by atoms with Gasteiger partial charge in [-0.3, -0.25) is 0 Å². The molecule has 0 N–H and O–H groups in total. The lowest BCUT2D eigenvalue weighted by molar-refractivity contribution is 0.304. The largest absolute Gasteiger partial charge is 0.497 e. The molecule has 3 aromatic carbocycles. The zero-order chi connectivity index (χ0) is 21.6. The van der Waals surface area contributed by atoms with Crippen LogP contribution in [0.2, 0.25) is 0 Å². The number of ether oxygens (including phenoxy) is 2. The van der Waals surface area contributed by atoms with Crippen LogP contribution in [0, 0.1) is 6.92 Å². The molecule has 3 aromatic rings. The van der Waals surface area contributed by atoms with Gasteiger partial charge in [-0.15, -0.1) is 0 Å². The Morgan fingerprint density at radius 3 is 2.23 bits per heavy atom. The van der Waals surface area contributed by atoms with Crippen LogP contribution in [0.3, 0.4) is 0 Å². The summed E-state index contributed by atoms with van der Waals surface area (Å²) in [4.78, 5) is 5.52. The van der Waals surface area contributed by atoms with Gasteiger partial charge in [0, 0.05) is 31.9 Å². The monoisotopic (exact) mass is 432 g/mol. The molecule has 0 atom stereocenters. The SMILES string of the molecule is COc1ccc(N2CCN(C(=S)c3ccccc3OCc3ccc(C)cc3)CC2)cc1. The van der Waals surface area contributed by atoms with Crippen molar-refractivity contribution in [2.45, 2.75) is 13.5 Å². The van der Waals surface area contributed by atoms with Gasteiger partial charge in [0.1, 0.15) is 23.1 Å². The van der Waals surface area contributed by atoms with Gasteiger partial charge in [-0.2, -0.15) is 0 Å². The van der Waals surface area contributed by atoms with Crippen molar-refractivity contribution in [2.75, 3.05) is 38.2 Å². The van der Waals surface area contributed by atoms with Crippen molar-refractivity contribution < 1.29 is 9.47 Å². The average molecular weight is 433 g/mol. The van der Waals surface area contributed by atoms with Crippen LogP contribution in [0.5, 0.6) is 11.5 Å². The van der Waals surface area contributed by atoms with E-state index in [1.807, 2.05) is 30.3 Å². The van der Waals surface area contributed by atoms with Crippen molar-refractivity contribution in [3.63, 3.8) is 0 Å². The molecule has 0 saturated carbocycles. The van der Waals surface area contributed by atoms with Crippen LogP contribution in [-0.4, -0.2) is 43.2 Å². The molecule has 160 valence electrons. The first-order chi connectivity index (χ1) is 15.1. The highest BCUT2D eigenvalue weighted by Crippen LogP contribution is 2.25. The highest BCUT2D eigenvalue weighted by atomic mass is 32.1. The zero-order valence-corrected chi connectivity index (χ0v) is 18.9. The lowest BCUT2D eigenvalue weighted by atomic mass is 10.1. The van der Waals surface area contributed by atoms with Crippen LogP contribution < -0.4 is 14.4 Å². The second-order valence-corrected chi connectivity index (χ2v) is 8.13. The summed E-state index contributed by atoms with van der Waals surface area (Å²) in [6, 6.07) is 24.8. The number of nitrogens with zero attached hydrogens (tertiary/aromatic N) is 2. The van der Waals surface area contributed by atoms with E-state index in [1.54, 1.807) is 7.11 Å². The van der Waals surface area contributed by atoms with Crippen LogP contribution >= 0.6 is 12.2 Å². The number of para-hydroxylation sites is 1. The van der Waals surface area contributed by atoms with Gasteiger partial charge in [-0.1, -0.05) is 54.2 Å². The minimum Gasteiger partial charge on any atom is -0.497 e. The van der Waals surface area contributed by atoms with E-state index >= 15 is 0 Å². The molecule has 0 amide bonds. The van der Waals surface area contributed by atoms with Gasteiger partial charge in [0.15, 0.2) is 0 Å². The zero-order valence-electron chi connectivity index (χ0n) is 18.1. The predicted molar refractivity (Wildman–Crippen MR) is 130 cm³/mol. The first kappa shape index (κ1) is 21.2.